The van der Waals surface area contributed by atoms with Crippen molar-refractivity contribution in [3.05, 3.63) is 44.6 Å². The van der Waals surface area contributed by atoms with E-state index in [1.54, 1.807) is 25.1 Å². The lowest BCUT2D eigenvalue weighted by Gasteiger charge is -2.28. The van der Waals surface area contributed by atoms with Crippen LogP contribution in [-0.2, 0) is 6.54 Å². The highest BCUT2D eigenvalue weighted by Crippen LogP contribution is 2.29. The maximum atomic E-state index is 13.1. The van der Waals surface area contributed by atoms with Crippen molar-refractivity contribution in [3.8, 4) is 0 Å². The molecule has 1 amide bonds. The third kappa shape index (κ3) is 2.95. The molecule has 2 aliphatic rings. The minimum Gasteiger partial charge on any atom is -0.331 e. The second-order valence-corrected chi connectivity index (χ2v) is 6.83. The Balaban J connectivity index is 0.00000196. The highest BCUT2D eigenvalue weighted by Gasteiger charge is 2.38. The number of benzene rings is 1. The summed E-state index contributed by atoms with van der Waals surface area (Å²) in [6.07, 6.45) is 3.03. The van der Waals surface area contributed by atoms with Crippen molar-refractivity contribution in [2.24, 2.45) is 0 Å². The number of nitrogens with one attached hydrogen (secondary N) is 2. The molecule has 2 atom stereocenters. The highest BCUT2D eigenvalue weighted by atomic mass is 35.5. The molecule has 2 aromatic rings. The predicted octanol–water partition coefficient (Wildman–Crippen LogP) is 1.10. The molecule has 7 nitrogen and oxygen atoms in total. The molecule has 140 valence electrons. The van der Waals surface area contributed by atoms with Crippen LogP contribution in [0.1, 0.15) is 36.5 Å². The molecule has 2 saturated heterocycles. The van der Waals surface area contributed by atoms with Gasteiger partial charge in [0.2, 0.25) is 0 Å². The number of rotatable bonds is 2. The summed E-state index contributed by atoms with van der Waals surface area (Å²) >= 11 is 0. The van der Waals surface area contributed by atoms with Crippen molar-refractivity contribution in [2.75, 3.05) is 13.1 Å². The molecule has 0 aliphatic carbocycles. The molecule has 1 aromatic carbocycles. The van der Waals surface area contributed by atoms with E-state index in [4.69, 9.17) is 0 Å². The van der Waals surface area contributed by atoms with E-state index in [2.05, 4.69) is 10.3 Å². The topological polar surface area (TPSA) is 87.2 Å². The zero-order chi connectivity index (χ0) is 17.6. The van der Waals surface area contributed by atoms with Gasteiger partial charge in [-0.3, -0.25) is 14.2 Å². The minimum atomic E-state index is -0.441. The monoisotopic (exact) mass is 378 g/mol. The van der Waals surface area contributed by atoms with Crippen molar-refractivity contribution >= 4 is 29.2 Å². The first-order chi connectivity index (χ1) is 12.1. The van der Waals surface area contributed by atoms with Crippen molar-refractivity contribution in [2.45, 2.75) is 44.8 Å². The van der Waals surface area contributed by atoms with Gasteiger partial charge in [-0.25, -0.2) is 4.79 Å². The van der Waals surface area contributed by atoms with Gasteiger partial charge in [0.15, 0.2) is 0 Å². The molecule has 26 heavy (non-hydrogen) atoms. The van der Waals surface area contributed by atoms with Crippen LogP contribution in [0.25, 0.3) is 10.9 Å². The van der Waals surface area contributed by atoms with Gasteiger partial charge in [-0.1, -0.05) is 0 Å². The van der Waals surface area contributed by atoms with Crippen LogP contribution >= 0.6 is 12.4 Å². The Labute approximate surface area is 156 Å². The maximum Gasteiger partial charge on any atom is 0.328 e. The summed E-state index contributed by atoms with van der Waals surface area (Å²) in [6.45, 7) is 3.83. The predicted molar refractivity (Wildman–Crippen MR) is 102 cm³/mol. The molecule has 2 aliphatic heterocycles. The summed E-state index contributed by atoms with van der Waals surface area (Å²) in [4.78, 5) is 42.2. The van der Waals surface area contributed by atoms with Crippen molar-refractivity contribution < 1.29 is 4.79 Å². The van der Waals surface area contributed by atoms with Gasteiger partial charge in [-0.05, 0) is 50.9 Å². The number of carbonyl (C=O) groups is 1. The smallest absolute Gasteiger partial charge is 0.328 e. The van der Waals surface area contributed by atoms with Crippen LogP contribution in [0.15, 0.2) is 27.8 Å². The largest absolute Gasteiger partial charge is 0.331 e. The molecule has 4 rings (SSSR count). The summed E-state index contributed by atoms with van der Waals surface area (Å²) in [5.41, 5.74) is 0.185. The van der Waals surface area contributed by atoms with E-state index in [1.807, 2.05) is 4.90 Å². The first kappa shape index (κ1) is 18.7. The number of carbonyl (C=O) groups excluding carboxylic acids is 1. The Morgan fingerprint density at radius 3 is 2.73 bits per heavy atom. The molecule has 0 spiro atoms. The standard InChI is InChI=1S/C18H22N4O3.ClH/c1-2-21-17(24)14-6-3-11(9-15(14)20-18(21)25)16(23)22-12-4-5-13(22)10-19-8-7-12;/h3,6,9,12-13,19H,2,4-5,7-8,10H2,1H3,(H,20,25);1H. The number of halogens is 1. The van der Waals surface area contributed by atoms with Gasteiger partial charge in [-0.15, -0.1) is 12.4 Å². The van der Waals surface area contributed by atoms with E-state index in [-0.39, 0.29) is 36.0 Å². The number of H-pyrrole nitrogens is 1. The van der Waals surface area contributed by atoms with Gasteiger partial charge in [0.05, 0.1) is 10.9 Å². The lowest BCUT2D eigenvalue weighted by molar-refractivity contribution is 0.0680. The Hall–Kier alpha value is -2.12. The number of hydrogen-bond donors (Lipinski definition) is 2. The average molecular weight is 379 g/mol. The minimum absolute atomic E-state index is 0. The summed E-state index contributed by atoms with van der Waals surface area (Å²) in [7, 11) is 0. The van der Waals surface area contributed by atoms with Crippen LogP contribution in [0.5, 0.6) is 0 Å². The molecule has 2 fully saturated rings. The molecule has 2 N–H and O–H groups in total. The van der Waals surface area contributed by atoms with E-state index in [0.29, 0.717) is 23.0 Å². The third-order valence-corrected chi connectivity index (χ3v) is 5.43. The number of nitrogens with zero attached hydrogens (tertiary/aromatic N) is 2. The molecular weight excluding hydrogens is 356 g/mol. The fourth-order valence-electron chi connectivity index (χ4n) is 4.14. The lowest BCUT2D eigenvalue weighted by Crippen LogP contribution is -2.42. The van der Waals surface area contributed by atoms with Gasteiger partial charge in [0.1, 0.15) is 0 Å². The number of amides is 1. The number of fused-ring (bicyclic) bond motifs is 3. The van der Waals surface area contributed by atoms with Gasteiger partial charge < -0.3 is 15.2 Å². The van der Waals surface area contributed by atoms with Gasteiger partial charge in [-0.2, -0.15) is 0 Å². The number of hydrogen-bond acceptors (Lipinski definition) is 4. The Bertz CT molecular complexity index is 938. The summed E-state index contributed by atoms with van der Waals surface area (Å²) in [5, 5.41) is 3.82. The SMILES string of the molecule is CCn1c(=O)[nH]c2cc(C(=O)N3C4CCNCC3CC4)ccc2c1=O.Cl. The number of aromatic amines is 1. The second kappa shape index (κ2) is 7.25. The van der Waals surface area contributed by atoms with Gasteiger partial charge in [0, 0.05) is 30.7 Å². The molecule has 0 saturated carbocycles. The lowest BCUT2D eigenvalue weighted by atomic mass is 10.1. The summed E-state index contributed by atoms with van der Waals surface area (Å²) in [6, 6.07) is 5.48. The van der Waals surface area contributed by atoms with Crippen LogP contribution in [0, 0.1) is 0 Å². The van der Waals surface area contributed by atoms with Crippen LogP contribution in [-0.4, -0.2) is 45.5 Å². The van der Waals surface area contributed by atoms with Crippen molar-refractivity contribution in [3.63, 3.8) is 0 Å². The van der Waals surface area contributed by atoms with E-state index >= 15 is 0 Å². The summed E-state index contributed by atoms with van der Waals surface area (Å²) < 4.78 is 1.16. The van der Waals surface area contributed by atoms with E-state index < -0.39 is 5.69 Å². The van der Waals surface area contributed by atoms with Gasteiger partial charge in [0.25, 0.3) is 11.5 Å². The van der Waals surface area contributed by atoms with Crippen LogP contribution < -0.4 is 16.6 Å². The molecule has 1 aromatic heterocycles. The highest BCUT2D eigenvalue weighted by molar-refractivity contribution is 5.98. The molecule has 2 unspecified atom stereocenters. The Morgan fingerprint density at radius 1 is 1.19 bits per heavy atom. The first-order valence-electron chi connectivity index (χ1n) is 8.90. The van der Waals surface area contributed by atoms with Crippen LogP contribution in [0.2, 0.25) is 0 Å². The third-order valence-electron chi connectivity index (χ3n) is 5.43. The quantitative estimate of drug-likeness (QED) is 0.819. The normalized spacial score (nSPS) is 22.1. The van der Waals surface area contributed by atoms with Crippen LogP contribution in [0.3, 0.4) is 0 Å². The van der Waals surface area contributed by atoms with Crippen molar-refractivity contribution in [1.29, 1.82) is 0 Å². The van der Waals surface area contributed by atoms with E-state index in [9.17, 15) is 14.4 Å². The number of aromatic nitrogens is 2. The fourth-order valence-corrected chi connectivity index (χ4v) is 4.14. The Morgan fingerprint density at radius 2 is 1.96 bits per heavy atom. The molecule has 2 bridgehead atoms. The van der Waals surface area contributed by atoms with Crippen molar-refractivity contribution in [1.82, 2.24) is 19.8 Å². The summed E-state index contributed by atoms with van der Waals surface area (Å²) in [5.74, 6) is -0.0152. The molecule has 8 heteroatoms. The zero-order valence-electron chi connectivity index (χ0n) is 14.7. The molecule has 0 radical (unpaired) electrons. The molecular formula is C18H23ClN4O3. The molecule has 3 heterocycles. The van der Waals surface area contributed by atoms with Crippen LogP contribution in [0.4, 0.5) is 0 Å². The fraction of sp³-hybridized carbons (Fsp3) is 0.500. The zero-order valence-corrected chi connectivity index (χ0v) is 15.5. The van der Waals surface area contributed by atoms with E-state index in [0.717, 1.165) is 36.9 Å². The second-order valence-electron chi connectivity index (χ2n) is 6.83. The van der Waals surface area contributed by atoms with Gasteiger partial charge >= 0.3 is 5.69 Å². The Kier molecular flexibility index (Phi) is 5.20. The van der Waals surface area contributed by atoms with E-state index in [1.165, 1.54) is 0 Å². The maximum absolute atomic E-state index is 13.1. The first-order valence-corrected chi connectivity index (χ1v) is 8.90. The average Bonchev–Trinajstić information content (AvgIpc) is 2.86.